The fraction of sp³-hybridized carbons (Fsp3) is 0.217. The van der Waals surface area contributed by atoms with E-state index in [0.717, 1.165) is 34.4 Å². The van der Waals surface area contributed by atoms with E-state index in [1.54, 1.807) is 31.3 Å². The molecule has 0 saturated carbocycles. The maximum Gasteiger partial charge on any atom is 0.170 e. The van der Waals surface area contributed by atoms with Gasteiger partial charge in [-0.25, -0.2) is 19.2 Å². The molecule has 0 radical (unpaired) electrons. The zero-order chi connectivity index (χ0) is 21.4. The van der Waals surface area contributed by atoms with Crippen molar-refractivity contribution in [1.82, 2.24) is 29.4 Å². The molecule has 0 saturated heterocycles. The monoisotopic (exact) mass is 414 g/mol. The van der Waals surface area contributed by atoms with E-state index < -0.39 is 0 Å². The largest absolute Gasteiger partial charge is 0.493 e. The number of benzene rings is 2. The van der Waals surface area contributed by atoms with Gasteiger partial charge in [0.15, 0.2) is 28.6 Å². The zero-order valence-corrected chi connectivity index (χ0v) is 17.6. The average Bonchev–Trinajstić information content (AvgIpc) is 3.42. The number of para-hydroxylation sites is 1. The van der Waals surface area contributed by atoms with Crippen molar-refractivity contribution in [2.45, 2.75) is 19.8 Å². The molecule has 8 heteroatoms. The highest BCUT2D eigenvalue weighted by Crippen LogP contribution is 2.28. The summed E-state index contributed by atoms with van der Waals surface area (Å²) in [5, 5.41) is 10.1. The van der Waals surface area contributed by atoms with Crippen LogP contribution in [-0.4, -0.2) is 43.6 Å². The van der Waals surface area contributed by atoms with Gasteiger partial charge in [0.25, 0.3) is 0 Å². The minimum atomic E-state index is 0.566. The summed E-state index contributed by atoms with van der Waals surface area (Å²) in [5.41, 5.74) is 4.77. The van der Waals surface area contributed by atoms with Crippen LogP contribution >= 0.6 is 0 Å². The quantitative estimate of drug-likeness (QED) is 0.422. The number of aryl methyl sites for hydroxylation is 1. The van der Waals surface area contributed by atoms with Crippen LogP contribution in [-0.2, 0) is 12.8 Å². The Labute approximate surface area is 179 Å². The molecule has 0 aliphatic heterocycles. The fourth-order valence-corrected chi connectivity index (χ4v) is 3.81. The normalized spacial score (nSPS) is 11.3. The molecule has 0 bridgehead atoms. The third-order valence-electron chi connectivity index (χ3n) is 5.36. The van der Waals surface area contributed by atoms with Gasteiger partial charge < -0.3 is 9.47 Å². The number of nitrogens with zero attached hydrogens (tertiary/aromatic N) is 6. The van der Waals surface area contributed by atoms with E-state index in [1.165, 1.54) is 5.56 Å². The second-order valence-electron chi connectivity index (χ2n) is 7.18. The van der Waals surface area contributed by atoms with Crippen LogP contribution < -0.4 is 9.47 Å². The molecular weight excluding hydrogens is 392 g/mol. The van der Waals surface area contributed by atoms with E-state index in [-0.39, 0.29) is 0 Å². The first-order valence-electron chi connectivity index (χ1n) is 10.1. The molecule has 0 fully saturated rings. The lowest BCUT2D eigenvalue weighted by molar-refractivity contribution is 0.354. The second kappa shape index (κ2) is 7.71. The van der Waals surface area contributed by atoms with Crippen LogP contribution in [0.1, 0.15) is 23.9 Å². The maximum absolute atomic E-state index is 5.40. The van der Waals surface area contributed by atoms with Gasteiger partial charge in [-0.3, -0.25) is 0 Å². The number of hydrogen-bond donors (Lipinski definition) is 0. The van der Waals surface area contributed by atoms with E-state index in [0.29, 0.717) is 23.7 Å². The lowest BCUT2D eigenvalue weighted by Gasteiger charge is -2.08. The van der Waals surface area contributed by atoms with Crippen molar-refractivity contribution in [2.75, 3.05) is 14.2 Å². The van der Waals surface area contributed by atoms with Gasteiger partial charge in [0, 0.05) is 6.42 Å². The Bertz CT molecular complexity index is 1390. The smallest absolute Gasteiger partial charge is 0.170 e. The summed E-state index contributed by atoms with van der Waals surface area (Å²) >= 11 is 0. The highest BCUT2D eigenvalue weighted by atomic mass is 16.5. The number of methoxy groups -OCH3 is 2. The fourth-order valence-electron chi connectivity index (χ4n) is 3.81. The van der Waals surface area contributed by atoms with E-state index in [2.05, 4.69) is 34.2 Å². The first-order chi connectivity index (χ1) is 15.2. The molecule has 0 amide bonds. The Morgan fingerprint density at radius 1 is 0.968 bits per heavy atom. The first-order valence-corrected chi connectivity index (χ1v) is 10.1. The Morgan fingerprint density at radius 2 is 1.81 bits per heavy atom. The topological polar surface area (TPSA) is 79.4 Å². The molecule has 156 valence electrons. The third kappa shape index (κ3) is 3.26. The predicted molar refractivity (Wildman–Crippen MR) is 117 cm³/mol. The van der Waals surface area contributed by atoms with Gasteiger partial charge in [0.1, 0.15) is 6.33 Å². The Balaban J connectivity index is 1.55. The van der Waals surface area contributed by atoms with Gasteiger partial charge in [-0.15, -0.1) is 5.10 Å². The van der Waals surface area contributed by atoms with E-state index in [4.69, 9.17) is 14.5 Å². The van der Waals surface area contributed by atoms with Crippen molar-refractivity contribution in [3.05, 3.63) is 71.9 Å². The number of ether oxygens (including phenoxy) is 2. The van der Waals surface area contributed by atoms with Crippen LogP contribution in [0.25, 0.3) is 22.4 Å². The van der Waals surface area contributed by atoms with Crippen molar-refractivity contribution < 1.29 is 9.47 Å². The maximum atomic E-state index is 5.40. The molecule has 0 aliphatic carbocycles. The molecule has 31 heavy (non-hydrogen) atoms. The van der Waals surface area contributed by atoms with Crippen molar-refractivity contribution in [2.24, 2.45) is 0 Å². The number of aromatic nitrogens is 6. The lowest BCUT2D eigenvalue weighted by Crippen LogP contribution is -2.02. The molecule has 3 heterocycles. The molecule has 0 atom stereocenters. The lowest BCUT2D eigenvalue weighted by atomic mass is 10.1. The van der Waals surface area contributed by atoms with Crippen LogP contribution in [0.15, 0.2) is 55.0 Å². The SMILES string of the molecule is CCc1ccccc1-n1ncc2c1ncn1nc(Cc3ccc(OC)c(OC)c3)nc21. The molecule has 5 rings (SSSR count). The van der Waals surface area contributed by atoms with E-state index in [1.807, 2.05) is 35.0 Å². The highest BCUT2D eigenvalue weighted by Gasteiger charge is 2.15. The van der Waals surface area contributed by atoms with Crippen LogP contribution in [0, 0.1) is 0 Å². The van der Waals surface area contributed by atoms with Crippen molar-refractivity contribution in [3.63, 3.8) is 0 Å². The zero-order valence-electron chi connectivity index (χ0n) is 17.6. The minimum absolute atomic E-state index is 0.566. The van der Waals surface area contributed by atoms with Crippen LogP contribution in [0.5, 0.6) is 11.5 Å². The number of rotatable bonds is 6. The third-order valence-corrected chi connectivity index (χ3v) is 5.36. The highest BCUT2D eigenvalue weighted by molar-refractivity contribution is 5.89. The van der Waals surface area contributed by atoms with Gasteiger partial charge in [-0.05, 0) is 35.7 Å². The minimum Gasteiger partial charge on any atom is -0.493 e. The average molecular weight is 414 g/mol. The Kier molecular flexibility index (Phi) is 4.74. The van der Waals surface area contributed by atoms with Crippen LogP contribution in [0.4, 0.5) is 0 Å². The van der Waals surface area contributed by atoms with Crippen molar-refractivity contribution >= 4 is 16.7 Å². The Morgan fingerprint density at radius 3 is 2.61 bits per heavy atom. The summed E-state index contributed by atoms with van der Waals surface area (Å²) < 4.78 is 14.3. The van der Waals surface area contributed by atoms with Crippen molar-refractivity contribution in [3.8, 4) is 17.2 Å². The second-order valence-corrected chi connectivity index (χ2v) is 7.18. The summed E-state index contributed by atoms with van der Waals surface area (Å²) in [4.78, 5) is 9.39. The summed E-state index contributed by atoms with van der Waals surface area (Å²) in [6, 6.07) is 14.0. The molecule has 0 spiro atoms. The van der Waals surface area contributed by atoms with E-state index in [9.17, 15) is 0 Å². The first kappa shape index (κ1) is 19.0. The summed E-state index contributed by atoms with van der Waals surface area (Å²) in [6.45, 7) is 2.13. The summed E-state index contributed by atoms with van der Waals surface area (Å²) in [7, 11) is 3.25. The molecule has 2 aromatic carbocycles. The van der Waals surface area contributed by atoms with Crippen LogP contribution in [0.3, 0.4) is 0 Å². The van der Waals surface area contributed by atoms with Crippen LogP contribution in [0.2, 0.25) is 0 Å². The van der Waals surface area contributed by atoms with Gasteiger partial charge in [0.05, 0.1) is 31.5 Å². The van der Waals surface area contributed by atoms with E-state index >= 15 is 0 Å². The molecule has 3 aromatic heterocycles. The predicted octanol–water partition coefficient (Wildman–Crippen LogP) is 3.63. The summed E-state index contributed by atoms with van der Waals surface area (Å²) in [5.74, 6) is 2.08. The molecule has 8 nitrogen and oxygen atoms in total. The summed E-state index contributed by atoms with van der Waals surface area (Å²) in [6.07, 6.45) is 4.98. The van der Waals surface area contributed by atoms with Crippen molar-refractivity contribution in [1.29, 1.82) is 0 Å². The van der Waals surface area contributed by atoms with Gasteiger partial charge in [0.2, 0.25) is 0 Å². The van der Waals surface area contributed by atoms with Gasteiger partial charge >= 0.3 is 0 Å². The number of hydrogen-bond acceptors (Lipinski definition) is 6. The standard InChI is InChI=1S/C23H22N6O2/c1-4-16-7-5-6-8-18(16)29-22-17(13-25-29)23-26-21(27-28(23)14-24-22)12-15-9-10-19(30-2)20(11-15)31-3/h5-11,13-14H,4,12H2,1-3H3. The number of fused-ring (bicyclic) bond motifs is 3. The molecule has 5 aromatic rings. The van der Waals surface area contributed by atoms with Gasteiger partial charge in [-0.1, -0.05) is 31.2 Å². The molecule has 0 unspecified atom stereocenters. The molecule has 0 N–H and O–H groups in total. The molecular formula is C23H22N6O2. The molecule has 0 aliphatic rings. The van der Waals surface area contributed by atoms with Gasteiger partial charge in [-0.2, -0.15) is 5.10 Å². The Hall–Kier alpha value is -3.94.